The zero-order valence-electron chi connectivity index (χ0n) is 28.9. The lowest BCUT2D eigenvalue weighted by atomic mass is 9.85. The SMILES string of the molecule is N#Cc1ccc(-c2ccc(-c3c4ccccc4c(-c4ccccc4)c4ccccc34)cc2)cc1-c1cccc(-n2c3ccccc3c3ccccc32)c1. The smallest absolute Gasteiger partial charge is 0.0998 e. The highest BCUT2D eigenvalue weighted by molar-refractivity contribution is 6.21. The molecule has 10 aromatic rings. The Labute approximate surface area is 308 Å². The van der Waals surface area contributed by atoms with Crippen LogP contribution < -0.4 is 0 Å². The Bertz CT molecular complexity index is 2940. The van der Waals surface area contributed by atoms with E-state index in [2.05, 4.69) is 199 Å². The van der Waals surface area contributed by atoms with Crippen molar-refractivity contribution in [2.24, 2.45) is 0 Å². The van der Waals surface area contributed by atoms with Crippen molar-refractivity contribution in [3.63, 3.8) is 0 Å². The third-order valence-corrected chi connectivity index (χ3v) is 10.6. The summed E-state index contributed by atoms with van der Waals surface area (Å²) in [5.41, 5.74) is 13.1. The molecule has 0 unspecified atom stereocenters. The molecule has 9 aromatic carbocycles. The predicted octanol–water partition coefficient (Wildman–Crippen LogP) is 13.6. The molecule has 1 heterocycles. The molecule has 0 fully saturated rings. The summed E-state index contributed by atoms with van der Waals surface area (Å²) in [5.74, 6) is 0. The van der Waals surface area contributed by atoms with E-state index < -0.39 is 0 Å². The molecule has 0 aliphatic rings. The van der Waals surface area contributed by atoms with E-state index in [0.717, 1.165) is 39.0 Å². The van der Waals surface area contributed by atoms with Gasteiger partial charge in [0.1, 0.15) is 0 Å². The molecule has 53 heavy (non-hydrogen) atoms. The molecule has 0 radical (unpaired) electrons. The highest BCUT2D eigenvalue weighted by Crippen LogP contribution is 2.44. The van der Waals surface area contributed by atoms with Crippen LogP contribution in [0.2, 0.25) is 0 Å². The molecule has 2 heteroatoms. The molecular formula is C51H32N2. The first-order valence-corrected chi connectivity index (χ1v) is 18.0. The maximum atomic E-state index is 10.2. The van der Waals surface area contributed by atoms with Gasteiger partial charge in [-0.25, -0.2) is 0 Å². The quantitative estimate of drug-likeness (QED) is 0.167. The van der Waals surface area contributed by atoms with E-state index in [1.807, 2.05) is 6.07 Å². The maximum absolute atomic E-state index is 10.2. The number of rotatable bonds is 5. The van der Waals surface area contributed by atoms with Crippen molar-refractivity contribution in [2.45, 2.75) is 0 Å². The van der Waals surface area contributed by atoms with Gasteiger partial charge in [0, 0.05) is 22.0 Å². The van der Waals surface area contributed by atoms with Crippen LogP contribution in [-0.2, 0) is 0 Å². The van der Waals surface area contributed by atoms with Crippen LogP contribution in [0.4, 0.5) is 0 Å². The molecule has 1 aromatic heterocycles. The minimum atomic E-state index is 0.654. The molecule has 0 aliphatic carbocycles. The molecule has 246 valence electrons. The largest absolute Gasteiger partial charge is 0.309 e. The molecule has 0 bridgehead atoms. The summed E-state index contributed by atoms with van der Waals surface area (Å²) >= 11 is 0. The molecular weight excluding hydrogens is 641 g/mol. The second-order valence-electron chi connectivity index (χ2n) is 13.6. The van der Waals surface area contributed by atoms with Gasteiger partial charge in [-0.1, -0.05) is 158 Å². The van der Waals surface area contributed by atoms with Gasteiger partial charge in [0.15, 0.2) is 0 Å². The Morgan fingerprint density at radius 2 is 0.792 bits per heavy atom. The number of fused-ring (bicyclic) bond motifs is 5. The van der Waals surface area contributed by atoms with Gasteiger partial charge in [0.05, 0.1) is 22.7 Å². The number of para-hydroxylation sites is 2. The number of benzene rings is 9. The lowest BCUT2D eigenvalue weighted by Gasteiger charge is -2.18. The van der Waals surface area contributed by atoms with E-state index >= 15 is 0 Å². The molecule has 0 saturated carbocycles. The minimum absolute atomic E-state index is 0.654. The summed E-state index contributed by atoms with van der Waals surface area (Å²) in [5, 5.41) is 17.7. The van der Waals surface area contributed by atoms with Gasteiger partial charge in [0.25, 0.3) is 0 Å². The first-order valence-electron chi connectivity index (χ1n) is 18.0. The molecule has 0 N–H and O–H groups in total. The van der Waals surface area contributed by atoms with Crippen LogP contribution in [0.25, 0.3) is 93.5 Å². The maximum Gasteiger partial charge on any atom is 0.0998 e. The van der Waals surface area contributed by atoms with Gasteiger partial charge in [-0.3, -0.25) is 0 Å². The van der Waals surface area contributed by atoms with E-state index in [1.54, 1.807) is 0 Å². The number of nitriles is 1. The van der Waals surface area contributed by atoms with Crippen LogP contribution in [0.3, 0.4) is 0 Å². The third-order valence-electron chi connectivity index (χ3n) is 10.6. The van der Waals surface area contributed by atoms with Gasteiger partial charge in [0.2, 0.25) is 0 Å². The second-order valence-corrected chi connectivity index (χ2v) is 13.6. The van der Waals surface area contributed by atoms with Crippen molar-refractivity contribution in [2.75, 3.05) is 0 Å². The predicted molar refractivity (Wildman–Crippen MR) is 222 cm³/mol. The Morgan fingerprint density at radius 1 is 0.340 bits per heavy atom. The van der Waals surface area contributed by atoms with Gasteiger partial charge in [-0.15, -0.1) is 0 Å². The number of nitrogens with zero attached hydrogens (tertiary/aromatic N) is 2. The van der Waals surface area contributed by atoms with Gasteiger partial charge < -0.3 is 4.57 Å². The standard InChI is InChI=1S/C51H32N2/c52-33-39-30-29-37(32-47(39)38-15-12-16-40(31-38)53-48-23-10-8-17-41(48)42-18-9-11-24-49(42)53)34-25-27-36(28-26-34)51-45-21-6-4-19-43(45)50(35-13-2-1-3-14-35)44-20-5-7-22-46(44)51/h1-32H. The van der Waals surface area contributed by atoms with Crippen molar-refractivity contribution < 1.29 is 0 Å². The van der Waals surface area contributed by atoms with Crippen LogP contribution >= 0.6 is 0 Å². The lowest BCUT2D eigenvalue weighted by Crippen LogP contribution is -1.95. The Morgan fingerprint density at radius 3 is 1.36 bits per heavy atom. The summed E-state index contributed by atoms with van der Waals surface area (Å²) < 4.78 is 2.32. The average molecular weight is 673 g/mol. The fourth-order valence-electron chi connectivity index (χ4n) is 8.26. The molecule has 0 aliphatic heterocycles. The van der Waals surface area contributed by atoms with E-state index in [9.17, 15) is 5.26 Å². The van der Waals surface area contributed by atoms with E-state index in [4.69, 9.17) is 0 Å². The zero-order valence-corrected chi connectivity index (χ0v) is 28.9. The fraction of sp³-hybridized carbons (Fsp3) is 0. The topological polar surface area (TPSA) is 28.7 Å². The molecule has 0 atom stereocenters. The van der Waals surface area contributed by atoms with Crippen molar-refractivity contribution in [1.29, 1.82) is 5.26 Å². The zero-order chi connectivity index (χ0) is 35.3. The monoisotopic (exact) mass is 672 g/mol. The van der Waals surface area contributed by atoms with Crippen molar-refractivity contribution in [1.82, 2.24) is 4.57 Å². The summed E-state index contributed by atoms with van der Waals surface area (Å²) in [7, 11) is 0. The fourth-order valence-corrected chi connectivity index (χ4v) is 8.26. The Balaban J connectivity index is 1.08. The van der Waals surface area contributed by atoms with Gasteiger partial charge >= 0.3 is 0 Å². The first-order chi connectivity index (χ1) is 26.3. The van der Waals surface area contributed by atoms with Crippen molar-refractivity contribution >= 4 is 43.4 Å². The highest BCUT2D eigenvalue weighted by Gasteiger charge is 2.17. The van der Waals surface area contributed by atoms with Crippen molar-refractivity contribution in [3.8, 4) is 56.3 Å². The van der Waals surface area contributed by atoms with Crippen molar-refractivity contribution in [3.05, 3.63) is 200 Å². The van der Waals surface area contributed by atoms with Crippen LogP contribution in [-0.4, -0.2) is 4.57 Å². The van der Waals surface area contributed by atoms with Gasteiger partial charge in [-0.2, -0.15) is 5.26 Å². The third kappa shape index (κ3) is 5.02. The molecule has 0 spiro atoms. The Kier molecular flexibility index (Phi) is 7.23. The summed E-state index contributed by atoms with van der Waals surface area (Å²) in [6.07, 6.45) is 0. The van der Waals surface area contributed by atoms with Crippen LogP contribution in [0, 0.1) is 11.3 Å². The average Bonchev–Trinajstić information content (AvgIpc) is 3.57. The molecule has 10 rings (SSSR count). The molecule has 0 amide bonds. The van der Waals surface area contributed by atoms with Crippen LogP contribution in [0.5, 0.6) is 0 Å². The summed E-state index contributed by atoms with van der Waals surface area (Å²) in [6.45, 7) is 0. The second kappa shape index (κ2) is 12.5. The van der Waals surface area contributed by atoms with E-state index in [-0.39, 0.29) is 0 Å². The Hall–Kier alpha value is -7.21. The van der Waals surface area contributed by atoms with Gasteiger partial charge in [-0.05, 0) is 96.9 Å². The summed E-state index contributed by atoms with van der Waals surface area (Å²) in [6, 6.07) is 71.5. The minimum Gasteiger partial charge on any atom is -0.309 e. The lowest BCUT2D eigenvalue weighted by molar-refractivity contribution is 1.18. The number of hydrogen-bond donors (Lipinski definition) is 0. The number of hydrogen-bond acceptors (Lipinski definition) is 1. The first kappa shape index (κ1) is 30.6. The number of aromatic nitrogens is 1. The molecule has 0 saturated heterocycles. The summed E-state index contributed by atoms with van der Waals surface area (Å²) in [4.78, 5) is 0. The normalized spacial score (nSPS) is 11.4. The highest BCUT2D eigenvalue weighted by atomic mass is 15.0. The van der Waals surface area contributed by atoms with Crippen LogP contribution in [0.15, 0.2) is 194 Å². The molecule has 2 nitrogen and oxygen atoms in total. The van der Waals surface area contributed by atoms with Crippen LogP contribution in [0.1, 0.15) is 5.56 Å². The van der Waals surface area contributed by atoms with E-state index in [1.165, 1.54) is 54.6 Å². The van der Waals surface area contributed by atoms with E-state index in [0.29, 0.717) is 5.56 Å².